The number of nitrogens with one attached hydrogen (secondary N) is 1. The highest BCUT2D eigenvalue weighted by atomic mass is 35.5. The summed E-state index contributed by atoms with van der Waals surface area (Å²) in [6.07, 6.45) is 2.98. The van der Waals surface area contributed by atoms with E-state index >= 15 is 0 Å². The molecule has 6 nitrogen and oxygen atoms in total. The molecule has 162 valence electrons. The number of aliphatic carboxylic acids is 1. The van der Waals surface area contributed by atoms with E-state index < -0.39 is 17.4 Å². The van der Waals surface area contributed by atoms with E-state index in [-0.39, 0.29) is 24.3 Å². The average molecular weight is 441 g/mol. The van der Waals surface area contributed by atoms with Gasteiger partial charge in [-0.2, -0.15) is 0 Å². The van der Waals surface area contributed by atoms with Crippen molar-refractivity contribution in [1.82, 2.24) is 5.32 Å². The second kappa shape index (κ2) is 8.44. The molecule has 0 saturated heterocycles. The van der Waals surface area contributed by atoms with Crippen molar-refractivity contribution in [2.24, 2.45) is 5.92 Å². The van der Waals surface area contributed by atoms with Crippen LogP contribution in [0.2, 0.25) is 5.02 Å². The minimum atomic E-state index is -1.43. The molecule has 7 heteroatoms. The number of hydrogen-bond donors (Lipinski definition) is 2. The molecule has 2 aliphatic rings. The van der Waals surface area contributed by atoms with Gasteiger partial charge in [0.15, 0.2) is 0 Å². The van der Waals surface area contributed by atoms with Gasteiger partial charge >= 0.3 is 5.97 Å². The van der Waals surface area contributed by atoms with Gasteiger partial charge in [-0.15, -0.1) is 0 Å². The van der Waals surface area contributed by atoms with Crippen LogP contribution in [-0.2, 0) is 9.59 Å². The largest absolute Gasteiger partial charge is 0.480 e. The summed E-state index contributed by atoms with van der Waals surface area (Å²) in [6, 6.07) is 14.2. The molecular formula is C24H25ClN2O4. The molecule has 1 saturated carbocycles. The van der Waals surface area contributed by atoms with E-state index in [1.807, 2.05) is 29.2 Å². The lowest BCUT2D eigenvalue weighted by atomic mass is 9.65. The Balaban J connectivity index is 1.90. The van der Waals surface area contributed by atoms with Gasteiger partial charge in [0, 0.05) is 34.7 Å². The summed E-state index contributed by atoms with van der Waals surface area (Å²) in [5.41, 5.74) is 0.542. The van der Waals surface area contributed by atoms with Crippen molar-refractivity contribution in [1.29, 1.82) is 0 Å². The van der Waals surface area contributed by atoms with Crippen LogP contribution in [0.5, 0.6) is 0 Å². The smallest absolute Gasteiger partial charge is 0.324 e. The molecule has 31 heavy (non-hydrogen) atoms. The number of rotatable bonds is 6. The van der Waals surface area contributed by atoms with Crippen LogP contribution in [0.3, 0.4) is 0 Å². The monoisotopic (exact) mass is 440 g/mol. The van der Waals surface area contributed by atoms with Crippen molar-refractivity contribution >= 4 is 35.5 Å². The number of anilines is 1. The van der Waals surface area contributed by atoms with Crippen molar-refractivity contribution < 1.29 is 19.5 Å². The second-order valence-electron chi connectivity index (χ2n) is 8.28. The molecule has 1 aliphatic carbocycles. The van der Waals surface area contributed by atoms with Crippen LogP contribution in [0.4, 0.5) is 5.69 Å². The summed E-state index contributed by atoms with van der Waals surface area (Å²) >= 11 is 6.13. The normalized spacial score (nSPS) is 24.1. The highest BCUT2D eigenvalue weighted by Crippen LogP contribution is 2.53. The zero-order chi connectivity index (χ0) is 22.2. The van der Waals surface area contributed by atoms with Gasteiger partial charge in [0.1, 0.15) is 11.8 Å². The molecule has 1 aliphatic heterocycles. The Morgan fingerprint density at radius 1 is 1.23 bits per heavy atom. The van der Waals surface area contributed by atoms with Crippen molar-refractivity contribution in [3.05, 3.63) is 64.7 Å². The van der Waals surface area contributed by atoms with Crippen LogP contribution in [0.25, 0.3) is 0 Å². The fraction of sp³-hybridized carbons (Fsp3) is 0.375. The standard InChI is InChI=1S/C24H25ClN2O4/c1-26-24(12-13-28,23(30)31)21-17-8-2-3-10-19(17)27(20-11-5-9-18(20)21)22(29)15-6-4-7-16(25)14-15/h2-4,6-8,10,13-14,18,20-21,26H,5,9,11-12H2,1H3,(H,30,31). The van der Waals surface area contributed by atoms with Gasteiger partial charge in [-0.1, -0.05) is 42.3 Å². The molecule has 0 radical (unpaired) electrons. The predicted octanol–water partition coefficient (Wildman–Crippen LogP) is 3.88. The topological polar surface area (TPSA) is 86.7 Å². The summed E-state index contributed by atoms with van der Waals surface area (Å²) < 4.78 is 0. The lowest BCUT2D eigenvalue weighted by Gasteiger charge is -2.49. The number of aldehydes is 1. The number of carboxylic acids is 1. The number of hydrogen-bond acceptors (Lipinski definition) is 4. The zero-order valence-corrected chi connectivity index (χ0v) is 18.0. The Morgan fingerprint density at radius 3 is 2.68 bits per heavy atom. The van der Waals surface area contributed by atoms with Crippen LogP contribution >= 0.6 is 11.6 Å². The number of carbonyl (C=O) groups excluding carboxylic acids is 2. The second-order valence-corrected chi connectivity index (χ2v) is 8.72. The van der Waals surface area contributed by atoms with Crippen LogP contribution < -0.4 is 10.2 Å². The number of halogens is 1. The third-order valence-electron chi connectivity index (χ3n) is 6.88. The zero-order valence-electron chi connectivity index (χ0n) is 17.3. The first-order chi connectivity index (χ1) is 14.9. The number of carbonyl (C=O) groups is 3. The number of nitrogens with zero attached hydrogens (tertiary/aromatic N) is 1. The van der Waals surface area contributed by atoms with Crippen LogP contribution in [0, 0.1) is 5.92 Å². The highest BCUT2D eigenvalue weighted by Gasteiger charge is 2.56. The first-order valence-electron chi connectivity index (χ1n) is 10.5. The average Bonchev–Trinajstić information content (AvgIpc) is 3.24. The molecule has 2 N–H and O–H groups in total. The van der Waals surface area contributed by atoms with Crippen LogP contribution in [-0.4, -0.2) is 41.9 Å². The van der Waals surface area contributed by atoms with E-state index in [9.17, 15) is 19.5 Å². The Kier molecular flexibility index (Phi) is 5.86. The molecule has 4 unspecified atom stereocenters. The molecule has 1 fully saturated rings. The molecular weight excluding hydrogens is 416 g/mol. The van der Waals surface area contributed by atoms with Gasteiger partial charge in [0.2, 0.25) is 0 Å². The number of amides is 1. The van der Waals surface area contributed by atoms with E-state index in [2.05, 4.69) is 5.32 Å². The summed E-state index contributed by atoms with van der Waals surface area (Å²) in [5.74, 6) is -1.72. The Morgan fingerprint density at radius 2 is 2.00 bits per heavy atom. The molecule has 0 aromatic heterocycles. The Labute approximate surface area is 186 Å². The number of benzene rings is 2. The third kappa shape index (κ3) is 3.44. The fourth-order valence-electron chi connectivity index (χ4n) is 5.55. The maximum absolute atomic E-state index is 13.6. The molecule has 1 heterocycles. The molecule has 2 aromatic rings. The highest BCUT2D eigenvalue weighted by molar-refractivity contribution is 6.31. The summed E-state index contributed by atoms with van der Waals surface area (Å²) in [5, 5.41) is 13.7. The number of fused-ring (bicyclic) bond motifs is 2. The molecule has 4 atom stereocenters. The van der Waals surface area contributed by atoms with Gasteiger partial charge in [-0.3, -0.25) is 9.59 Å². The number of likely N-dealkylation sites (N-methyl/N-ethyl adjacent to an activating group) is 1. The first-order valence-corrected chi connectivity index (χ1v) is 10.9. The summed E-state index contributed by atoms with van der Waals surface area (Å²) in [6.45, 7) is 0. The van der Waals surface area contributed by atoms with Crippen molar-refractivity contribution in [3.63, 3.8) is 0 Å². The maximum Gasteiger partial charge on any atom is 0.324 e. The van der Waals surface area contributed by atoms with E-state index in [1.54, 1.807) is 31.3 Å². The van der Waals surface area contributed by atoms with E-state index in [0.29, 0.717) is 22.6 Å². The van der Waals surface area contributed by atoms with E-state index in [4.69, 9.17) is 11.6 Å². The number of para-hydroxylation sites is 1. The summed E-state index contributed by atoms with van der Waals surface area (Å²) in [4.78, 5) is 39.5. The minimum absolute atomic E-state index is 0.0819. The van der Waals surface area contributed by atoms with Crippen LogP contribution in [0.15, 0.2) is 48.5 Å². The van der Waals surface area contributed by atoms with Crippen LogP contribution in [0.1, 0.15) is 47.5 Å². The first kappa shape index (κ1) is 21.5. The SMILES string of the molecule is CNC(CC=O)(C(=O)O)C1c2ccccc2N(C(=O)c2cccc(Cl)c2)C2CCCC21. The molecule has 1 amide bonds. The number of carboxylic acid groups (broad SMARTS) is 1. The lowest BCUT2D eigenvalue weighted by Crippen LogP contribution is -2.61. The van der Waals surface area contributed by atoms with Crippen molar-refractivity contribution in [2.75, 3.05) is 11.9 Å². The van der Waals surface area contributed by atoms with Gasteiger partial charge in [0.25, 0.3) is 5.91 Å². The van der Waals surface area contributed by atoms with Gasteiger partial charge in [-0.25, -0.2) is 0 Å². The summed E-state index contributed by atoms with van der Waals surface area (Å²) in [7, 11) is 1.59. The fourth-order valence-corrected chi connectivity index (χ4v) is 5.74. The molecule has 2 aromatic carbocycles. The van der Waals surface area contributed by atoms with E-state index in [1.165, 1.54) is 0 Å². The van der Waals surface area contributed by atoms with Gasteiger partial charge in [0.05, 0.1) is 0 Å². The van der Waals surface area contributed by atoms with Crippen molar-refractivity contribution in [2.45, 2.75) is 43.2 Å². The minimum Gasteiger partial charge on any atom is -0.480 e. The van der Waals surface area contributed by atoms with Gasteiger partial charge in [-0.05, 0) is 55.6 Å². The molecule has 4 rings (SSSR count). The molecule has 0 bridgehead atoms. The maximum atomic E-state index is 13.6. The predicted molar refractivity (Wildman–Crippen MR) is 119 cm³/mol. The Bertz CT molecular complexity index is 1030. The van der Waals surface area contributed by atoms with Gasteiger partial charge < -0.3 is 20.1 Å². The third-order valence-corrected chi connectivity index (χ3v) is 7.11. The Hall–Kier alpha value is -2.70. The van der Waals surface area contributed by atoms with Crippen molar-refractivity contribution in [3.8, 4) is 0 Å². The lowest BCUT2D eigenvalue weighted by molar-refractivity contribution is -0.148. The molecule has 0 spiro atoms. The van der Waals surface area contributed by atoms with E-state index in [0.717, 1.165) is 24.8 Å². The quantitative estimate of drug-likeness (QED) is 0.665.